The molecule has 1 aromatic rings. The molecule has 4 unspecified atom stereocenters. The minimum absolute atomic E-state index is 0.128. The van der Waals surface area contributed by atoms with E-state index < -0.39 is 5.97 Å². The first-order valence-corrected chi connectivity index (χ1v) is 8.99. The Labute approximate surface area is 148 Å². The van der Waals surface area contributed by atoms with Crippen LogP contribution in [0.5, 0.6) is 5.75 Å². The minimum atomic E-state index is -0.991. The zero-order chi connectivity index (χ0) is 18.0. The van der Waals surface area contributed by atoms with E-state index in [0.29, 0.717) is 29.3 Å². The number of benzene rings is 1. The molecule has 0 radical (unpaired) electrons. The molecule has 5 nitrogen and oxygen atoms in total. The van der Waals surface area contributed by atoms with Gasteiger partial charge in [-0.1, -0.05) is 26.0 Å². The highest BCUT2D eigenvalue weighted by Gasteiger charge is 2.67. The fraction of sp³-hybridized carbons (Fsp3) is 0.632. The van der Waals surface area contributed by atoms with Crippen molar-refractivity contribution in [2.45, 2.75) is 51.6 Å². The first-order valence-electron chi connectivity index (χ1n) is 8.99. The van der Waals surface area contributed by atoms with Crippen LogP contribution in [0.4, 0.5) is 0 Å². The van der Waals surface area contributed by atoms with Crippen molar-refractivity contribution in [2.24, 2.45) is 17.3 Å². The van der Waals surface area contributed by atoms with Crippen LogP contribution in [0.1, 0.15) is 49.5 Å². The van der Waals surface area contributed by atoms with E-state index >= 15 is 0 Å². The number of para-hydroxylation sites is 1. The number of carbonyl (C=O) groups is 1. The third-order valence-electron chi connectivity index (χ3n) is 6.92. The van der Waals surface area contributed by atoms with Gasteiger partial charge in [-0.05, 0) is 48.6 Å². The van der Waals surface area contributed by atoms with Gasteiger partial charge in [0.1, 0.15) is 11.3 Å². The normalized spacial score (nSPS) is 35.0. The van der Waals surface area contributed by atoms with Crippen LogP contribution >= 0.6 is 0 Å². The summed E-state index contributed by atoms with van der Waals surface area (Å²) in [5.74, 6) is 0.630. The maximum absolute atomic E-state index is 11.4. The standard InChI is InChI=1S/C19H25BO5/c1-18(2)12-8-14(18)19(3)15(9-12)24-20(25-19)10-11-6-5-7-13(17(21)22)16(11)23-4/h5-7,12,14-15H,8-10H2,1-4H3,(H,21,22). The number of hydrogen-bond acceptors (Lipinski definition) is 4. The Kier molecular flexibility index (Phi) is 3.71. The Balaban J connectivity index is 1.56. The van der Waals surface area contributed by atoms with Gasteiger partial charge in [-0.2, -0.15) is 0 Å². The Morgan fingerprint density at radius 1 is 1.36 bits per heavy atom. The largest absolute Gasteiger partial charge is 0.496 e. The molecular formula is C19H25BO5. The number of ether oxygens (including phenoxy) is 1. The summed E-state index contributed by atoms with van der Waals surface area (Å²) in [5, 5.41) is 9.35. The zero-order valence-electron chi connectivity index (χ0n) is 15.2. The van der Waals surface area contributed by atoms with Gasteiger partial charge in [-0.15, -0.1) is 0 Å². The Bertz CT molecular complexity index is 718. The highest BCUT2D eigenvalue weighted by molar-refractivity contribution is 6.45. The highest BCUT2D eigenvalue weighted by atomic mass is 16.7. The van der Waals surface area contributed by atoms with Crippen LogP contribution in [0.25, 0.3) is 0 Å². The molecule has 0 amide bonds. The molecule has 4 aliphatic rings. The van der Waals surface area contributed by atoms with E-state index in [-0.39, 0.29) is 24.4 Å². The van der Waals surface area contributed by atoms with Gasteiger partial charge in [-0.25, -0.2) is 4.79 Å². The van der Waals surface area contributed by atoms with Gasteiger partial charge < -0.3 is 19.2 Å². The molecule has 1 aliphatic heterocycles. The first-order chi connectivity index (χ1) is 11.8. The second kappa shape index (κ2) is 5.48. The van der Waals surface area contributed by atoms with Gasteiger partial charge in [0, 0.05) is 6.32 Å². The van der Waals surface area contributed by atoms with Gasteiger partial charge in [0.2, 0.25) is 0 Å². The lowest BCUT2D eigenvalue weighted by Gasteiger charge is -2.64. The number of aromatic carboxylic acids is 1. The molecule has 5 rings (SSSR count). The van der Waals surface area contributed by atoms with Gasteiger partial charge in [-0.3, -0.25) is 0 Å². The van der Waals surface area contributed by atoms with Crippen LogP contribution in [0.2, 0.25) is 0 Å². The van der Waals surface area contributed by atoms with Gasteiger partial charge in [0.05, 0.1) is 18.8 Å². The molecule has 1 aromatic carbocycles. The van der Waals surface area contributed by atoms with Gasteiger partial charge in [0.25, 0.3) is 0 Å². The highest BCUT2D eigenvalue weighted by Crippen LogP contribution is 2.65. The molecule has 4 atom stereocenters. The number of carboxylic acids is 1. The fourth-order valence-electron chi connectivity index (χ4n) is 5.37. The predicted molar refractivity (Wildman–Crippen MR) is 93.8 cm³/mol. The van der Waals surface area contributed by atoms with E-state index in [2.05, 4.69) is 20.8 Å². The summed E-state index contributed by atoms with van der Waals surface area (Å²) < 4.78 is 18.0. The zero-order valence-corrected chi connectivity index (χ0v) is 15.2. The average Bonchev–Trinajstić information content (AvgIpc) is 2.89. The average molecular weight is 344 g/mol. The summed E-state index contributed by atoms with van der Waals surface area (Å²) in [5.41, 5.74) is 1.04. The number of carboxylic acid groups (broad SMARTS) is 1. The summed E-state index contributed by atoms with van der Waals surface area (Å²) in [7, 11) is 1.14. The SMILES string of the molecule is COc1c(CB2OC3CC4CC(C4(C)C)C3(C)O2)cccc1C(=O)O. The summed E-state index contributed by atoms with van der Waals surface area (Å²) in [6, 6.07) is 5.18. The molecule has 0 spiro atoms. The number of hydrogen-bond donors (Lipinski definition) is 1. The Hall–Kier alpha value is -1.53. The number of methoxy groups -OCH3 is 1. The van der Waals surface area contributed by atoms with Crippen LogP contribution in [0.15, 0.2) is 18.2 Å². The van der Waals surface area contributed by atoms with Crippen LogP contribution in [0.3, 0.4) is 0 Å². The lowest BCUT2D eigenvalue weighted by molar-refractivity contribution is -0.199. The molecule has 3 aliphatic carbocycles. The van der Waals surface area contributed by atoms with Crippen molar-refractivity contribution in [1.29, 1.82) is 0 Å². The molecule has 2 bridgehead atoms. The van der Waals surface area contributed by atoms with Crippen LogP contribution < -0.4 is 4.74 Å². The van der Waals surface area contributed by atoms with Crippen molar-refractivity contribution in [1.82, 2.24) is 0 Å². The van der Waals surface area contributed by atoms with E-state index in [1.807, 2.05) is 6.07 Å². The molecule has 134 valence electrons. The van der Waals surface area contributed by atoms with Gasteiger partial charge >= 0.3 is 13.1 Å². The van der Waals surface area contributed by atoms with Crippen molar-refractivity contribution in [3.05, 3.63) is 29.3 Å². The first kappa shape index (κ1) is 16.9. The fourth-order valence-corrected chi connectivity index (χ4v) is 5.37. The van der Waals surface area contributed by atoms with Crippen molar-refractivity contribution >= 4 is 13.1 Å². The van der Waals surface area contributed by atoms with Crippen LogP contribution in [-0.4, -0.2) is 37.0 Å². The van der Waals surface area contributed by atoms with Crippen molar-refractivity contribution in [3.63, 3.8) is 0 Å². The van der Waals surface area contributed by atoms with Crippen molar-refractivity contribution in [3.8, 4) is 5.75 Å². The molecule has 1 saturated heterocycles. The minimum Gasteiger partial charge on any atom is -0.496 e. The second-order valence-electron chi connectivity index (χ2n) is 8.41. The monoisotopic (exact) mass is 344 g/mol. The Morgan fingerprint density at radius 2 is 2.12 bits per heavy atom. The van der Waals surface area contributed by atoms with E-state index in [4.69, 9.17) is 14.0 Å². The quantitative estimate of drug-likeness (QED) is 0.850. The molecule has 25 heavy (non-hydrogen) atoms. The van der Waals surface area contributed by atoms with E-state index in [9.17, 15) is 9.90 Å². The second-order valence-corrected chi connectivity index (χ2v) is 8.41. The molecular weight excluding hydrogens is 319 g/mol. The third-order valence-corrected chi connectivity index (χ3v) is 6.92. The summed E-state index contributed by atoms with van der Waals surface area (Å²) in [4.78, 5) is 11.4. The topological polar surface area (TPSA) is 65.0 Å². The molecule has 0 aromatic heterocycles. The Morgan fingerprint density at radius 3 is 2.76 bits per heavy atom. The van der Waals surface area contributed by atoms with Crippen molar-refractivity contribution < 1.29 is 23.9 Å². The van der Waals surface area contributed by atoms with Crippen molar-refractivity contribution in [2.75, 3.05) is 7.11 Å². The molecule has 3 saturated carbocycles. The molecule has 1 heterocycles. The summed E-state index contributed by atoms with van der Waals surface area (Å²) in [6.07, 6.45) is 2.88. The molecule has 4 fully saturated rings. The van der Waals surface area contributed by atoms with Crippen LogP contribution in [-0.2, 0) is 15.6 Å². The predicted octanol–water partition coefficient (Wildman–Crippen LogP) is 3.20. The lowest BCUT2D eigenvalue weighted by Crippen LogP contribution is -2.65. The van der Waals surface area contributed by atoms with Crippen LogP contribution in [0, 0.1) is 17.3 Å². The summed E-state index contributed by atoms with van der Waals surface area (Å²) >= 11 is 0. The van der Waals surface area contributed by atoms with E-state index in [1.165, 1.54) is 13.5 Å². The molecule has 6 heteroatoms. The van der Waals surface area contributed by atoms with E-state index in [1.54, 1.807) is 12.1 Å². The lowest BCUT2D eigenvalue weighted by atomic mass is 9.43. The number of rotatable bonds is 4. The third kappa shape index (κ3) is 2.34. The smallest absolute Gasteiger partial charge is 0.462 e. The summed E-state index contributed by atoms with van der Waals surface area (Å²) in [6.45, 7) is 6.86. The maximum atomic E-state index is 11.4. The maximum Gasteiger partial charge on any atom is 0.462 e. The molecule has 1 N–H and O–H groups in total. The van der Waals surface area contributed by atoms with E-state index in [0.717, 1.165) is 12.0 Å². The van der Waals surface area contributed by atoms with Gasteiger partial charge in [0.15, 0.2) is 0 Å².